The van der Waals surface area contributed by atoms with Crippen molar-refractivity contribution in [2.45, 2.75) is 6.92 Å². The molecule has 1 aromatic rings. The Morgan fingerprint density at radius 1 is 1.67 bits per heavy atom. The predicted molar refractivity (Wildman–Crippen MR) is 36.7 cm³/mol. The highest BCUT2D eigenvalue weighted by Gasteiger charge is 1.89. The van der Waals surface area contributed by atoms with Crippen LogP contribution in [0.25, 0.3) is 0 Å². The van der Waals surface area contributed by atoms with Gasteiger partial charge in [-0.1, -0.05) is 6.07 Å². The standard InChI is InChI=1S/C7H8N2/c1-6(8)7-3-2-4-9-5-7/h2-5,8H,1H3. The third kappa shape index (κ3) is 1.35. The summed E-state index contributed by atoms with van der Waals surface area (Å²) in [5.74, 6) is 0. The third-order valence-corrected chi connectivity index (χ3v) is 1.09. The summed E-state index contributed by atoms with van der Waals surface area (Å²) in [6, 6.07) is 3.70. The third-order valence-electron chi connectivity index (χ3n) is 1.09. The van der Waals surface area contributed by atoms with Crippen LogP contribution in [0.1, 0.15) is 12.5 Å². The average molecular weight is 120 g/mol. The Labute approximate surface area is 54.1 Å². The van der Waals surface area contributed by atoms with Crippen LogP contribution in [-0.2, 0) is 0 Å². The fourth-order valence-corrected chi connectivity index (χ4v) is 0.585. The second-order valence-electron chi connectivity index (χ2n) is 1.87. The van der Waals surface area contributed by atoms with Crippen molar-refractivity contribution >= 4 is 5.71 Å². The summed E-state index contributed by atoms with van der Waals surface area (Å²) >= 11 is 0. The Morgan fingerprint density at radius 2 is 2.44 bits per heavy atom. The van der Waals surface area contributed by atoms with E-state index in [0.29, 0.717) is 5.71 Å². The van der Waals surface area contributed by atoms with Gasteiger partial charge in [0.25, 0.3) is 0 Å². The van der Waals surface area contributed by atoms with Gasteiger partial charge in [0.2, 0.25) is 0 Å². The molecule has 0 aliphatic carbocycles. The monoisotopic (exact) mass is 120 g/mol. The highest BCUT2D eigenvalue weighted by molar-refractivity contribution is 5.95. The maximum Gasteiger partial charge on any atom is 0.0370 e. The maximum atomic E-state index is 7.20. The van der Waals surface area contributed by atoms with Crippen molar-refractivity contribution < 1.29 is 0 Å². The van der Waals surface area contributed by atoms with E-state index < -0.39 is 0 Å². The molecule has 2 heteroatoms. The second kappa shape index (κ2) is 2.40. The molecule has 0 bridgehead atoms. The number of nitrogens with one attached hydrogen (secondary N) is 1. The van der Waals surface area contributed by atoms with Crippen molar-refractivity contribution in [1.29, 1.82) is 5.41 Å². The van der Waals surface area contributed by atoms with E-state index in [4.69, 9.17) is 5.41 Å². The van der Waals surface area contributed by atoms with Crippen LogP contribution in [0.5, 0.6) is 0 Å². The first-order valence-electron chi connectivity index (χ1n) is 2.76. The fraction of sp³-hybridized carbons (Fsp3) is 0.143. The van der Waals surface area contributed by atoms with Crippen LogP contribution in [0.2, 0.25) is 0 Å². The zero-order chi connectivity index (χ0) is 6.69. The number of pyridine rings is 1. The SMILES string of the molecule is CC(=N)c1cccnc1. The molecule has 0 amide bonds. The van der Waals surface area contributed by atoms with Gasteiger partial charge in [-0.3, -0.25) is 4.98 Å². The van der Waals surface area contributed by atoms with E-state index in [2.05, 4.69) is 4.98 Å². The van der Waals surface area contributed by atoms with E-state index in [0.717, 1.165) is 5.56 Å². The van der Waals surface area contributed by atoms with Gasteiger partial charge < -0.3 is 5.41 Å². The fourth-order valence-electron chi connectivity index (χ4n) is 0.585. The summed E-state index contributed by atoms with van der Waals surface area (Å²) in [7, 11) is 0. The van der Waals surface area contributed by atoms with Crippen LogP contribution in [0.4, 0.5) is 0 Å². The molecule has 1 heterocycles. The minimum absolute atomic E-state index is 0.558. The molecule has 46 valence electrons. The molecular weight excluding hydrogens is 112 g/mol. The van der Waals surface area contributed by atoms with E-state index in [-0.39, 0.29) is 0 Å². The minimum atomic E-state index is 0.558. The molecule has 1 aromatic heterocycles. The van der Waals surface area contributed by atoms with Crippen LogP contribution < -0.4 is 0 Å². The summed E-state index contributed by atoms with van der Waals surface area (Å²) in [5, 5.41) is 7.20. The lowest BCUT2D eigenvalue weighted by Gasteiger charge is -1.92. The summed E-state index contributed by atoms with van der Waals surface area (Å²) < 4.78 is 0. The molecule has 0 spiro atoms. The Balaban J connectivity index is 2.98. The predicted octanol–water partition coefficient (Wildman–Crippen LogP) is 1.47. The maximum absolute atomic E-state index is 7.20. The first-order valence-corrected chi connectivity index (χ1v) is 2.76. The molecule has 0 aromatic carbocycles. The Hall–Kier alpha value is -1.18. The van der Waals surface area contributed by atoms with Crippen molar-refractivity contribution in [3.05, 3.63) is 30.1 Å². The second-order valence-corrected chi connectivity index (χ2v) is 1.87. The molecular formula is C7H8N2. The molecule has 1 N–H and O–H groups in total. The van der Waals surface area contributed by atoms with Crippen molar-refractivity contribution in [2.75, 3.05) is 0 Å². The Kier molecular flexibility index (Phi) is 1.58. The van der Waals surface area contributed by atoms with E-state index in [1.807, 2.05) is 12.1 Å². The molecule has 0 saturated heterocycles. The van der Waals surface area contributed by atoms with Crippen LogP contribution in [-0.4, -0.2) is 10.7 Å². The van der Waals surface area contributed by atoms with Gasteiger partial charge in [0.15, 0.2) is 0 Å². The molecule has 9 heavy (non-hydrogen) atoms. The lowest BCUT2D eigenvalue weighted by atomic mass is 10.2. The topological polar surface area (TPSA) is 36.7 Å². The molecule has 0 aliphatic heterocycles. The smallest absolute Gasteiger partial charge is 0.0370 e. The van der Waals surface area contributed by atoms with Crippen molar-refractivity contribution in [3.8, 4) is 0 Å². The number of hydrogen-bond donors (Lipinski definition) is 1. The number of aromatic nitrogens is 1. The summed E-state index contributed by atoms with van der Waals surface area (Å²) in [6.45, 7) is 1.75. The van der Waals surface area contributed by atoms with Crippen LogP contribution in [0.15, 0.2) is 24.5 Å². The largest absolute Gasteiger partial charge is 0.305 e. The Bertz CT molecular complexity index is 203. The molecule has 0 aliphatic rings. The van der Waals surface area contributed by atoms with E-state index in [9.17, 15) is 0 Å². The highest BCUT2D eigenvalue weighted by Crippen LogP contribution is 1.94. The molecule has 0 atom stereocenters. The van der Waals surface area contributed by atoms with E-state index in [1.165, 1.54) is 0 Å². The first kappa shape index (κ1) is 5.95. The molecule has 1 rings (SSSR count). The number of hydrogen-bond acceptors (Lipinski definition) is 2. The molecule has 0 radical (unpaired) electrons. The van der Waals surface area contributed by atoms with Gasteiger partial charge in [-0.25, -0.2) is 0 Å². The van der Waals surface area contributed by atoms with Gasteiger partial charge >= 0.3 is 0 Å². The van der Waals surface area contributed by atoms with Crippen molar-refractivity contribution in [3.63, 3.8) is 0 Å². The normalized spacial score (nSPS) is 9.00. The van der Waals surface area contributed by atoms with Gasteiger partial charge in [-0.05, 0) is 13.0 Å². The van der Waals surface area contributed by atoms with Gasteiger partial charge in [-0.2, -0.15) is 0 Å². The van der Waals surface area contributed by atoms with Gasteiger partial charge in [-0.15, -0.1) is 0 Å². The van der Waals surface area contributed by atoms with Crippen LogP contribution in [0.3, 0.4) is 0 Å². The lowest BCUT2D eigenvalue weighted by molar-refractivity contribution is 1.30. The first-order chi connectivity index (χ1) is 4.30. The number of nitrogens with zero attached hydrogens (tertiary/aromatic N) is 1. The van der Waals surface area contributed by atoms with E-state index in [1.54, 1.807) is 19.3 Å². The quantitative estimate of drug-likeness (QED) is 0.560. The van der Waals surface area contributed by atoms with E-state index >= 15 is 0 Å². The number of rotatable bonds is 1. The van der Waals surface area contributed by atoms with Crippen molar-refractivity contribution in [1.82, 2.24) is 4.98 Å². The summed E-state index contributed by atoms with van der Waals surface area (Å²) in [6.07, 6.45) is 3.38. The zero-order valence-corrected chi connectivity index (χ0v) is 5.26. The zero-order valence-electron chi connectivity index (χ0n) is 5.26. The molecule has 0 unspecified atom stereocenters. The minimum Gasteiger partial charge on any atom is -0.305 e. The Morgan fingerprint density at radius 3 is 2.78 bits per heavy atom. The van der Waals surface area contributed by atoms with Gasteiger partial charge in [0, 0.05) is 23.7 Å². The van der Waals surface area contributed by atoms with Crippen molar-refractivity contribution in [2.24, 2.45) is 0 Å². The van der Waals surface area contributed by atoms with Crippen LogP contribution in [0, 0.1) is 5.41 Å². The highest BCUT2D eigenvalue weighted by atomic mass is 14.6. The van der Waals surface area contributed by atoms with Gasteiger partial charge in [0.05, 0.1) is 0 Å². The molecule has 2 nitrogen and oxygen atoms in total. The van der Waals surface area contributed by atoms with Crippen LogP contribution >= 0.6 is 0 Å². The summed E-state index contributed by atoms with van der Waals surface area (Å²) in [4.78, 5) is 3.87. The van der Waals surface area contributed by atoms with Gasteiger partial charge in [0.1, 0.15) is 0 Å². The summed E-state index contributed by atoms with van der Waals surface area (Å²) in [5.41, 5.74) is 1.45. The average Bonchev–Trinajstić information content (AvgIpc) is 1.90. The molecule has 0 saturated carbocycles. The molecule has 0 fully saturated rings. The lowest BCUT2D eigenvalue weighted by Crippen LogP contribution is -1.90.